The molecule has 2 rings (SSSR count). The molecule has 0 bridgehead atoms. The molecule has 0 radical (unpaired) electrons. The highest BCUT2D eigenvalue weighted by atomic mass is 32.2. The Morgan fingerprint density at radius 2 is 2.10 bits per heavy atom. The molecular formula is C16H23NO3S. The molecule has 116 valence electrons. The van der Waals surface area contributed by atoms with Gasteiger partial charge < -0.3 is 9.84 Å². The van der Waals surface area contributed by atoms with Crippen molar-refractivity contribution in [3.8, 4) is 0 Å². The Kier molecular flexibility index (Phi) is 5.43. The molecule has 21 heavy (non-hydrogen) atoms. The minimum atomic E-state index is -0.339. The quantitative estimate of drug-likeness (QED) is 0.666. The largest absolute Gasteiger partial charge is 0.394 e. The number of aliphatic hydroxyl groups excluding tert-OH is 1. The summed E-state index contributed by atoms with van der Waals surface area (Å²) in [6, 6.07) is 7.70. The highest BCUT2D eigenvalue weighted by Crippen LogP contribution is 2.21. The summed E-state index contributed by atoms with van der Waals surface area (Å²) in [5.74, 6) is 0.108. The van der Waals surface area contributed by atoms with E-state index in [1.807, 2.05) is 44.4 Å². The Morgan fingerprint density at radius 3 is 2.67 bits per heavy atom. The Labute approximate surface area is 130 Å². The van der Waals surface area contributed by atoms with Crippen LogP contribution in [0.25, 0.3) is 0 Å². The van der Waals surface area contributed by atoms with Crippen LogP contribution in [0.5, 0.6) is 0 Å². The molecule has 5 heteroatoms. The molecule has 1 saturated heterocycles. The lowest BCUT2D eigenvalue weighted by Crippen LogP contribution is -2.54. The number of ether oxygens (including phenoxy) is 1. The number of hydrogen-bond acceptors (Lipinski definition) is 5. The van der Waals surface area contributed by atoms with Crippen LogP contribution in [0.4, 0.5) is 0 Å². The maximum Gasteiger partial charge on any atom is 0.176 e. The molecule has 0 amide bonds. The third kappa shape index (κ3) is 4.54. The average molecular weight is 309 g/mol. The number of rotatable bonds is 5. The second kappa shape index (κ2) is 6.92. The first-order valence-corrected chi connectivity index (χ1v) is 8.34. The third-order valence-corrected chi connectivity index (χ3v) is 4.28. The standard InChI is InChI=1S/C16H23NO3S/c1-16(2)11-17(8-13(10-18)20-16)9-15(19)12-4-6-14(21-3)7-5-12/h4-7,13,18H,8-11H2,1-3H3. The molecular weight excluding hydrogens is 286 g/mol. The zero-order chi connectivity index (χ0) is 15.5. The van der Waals surface area contributed by atoms with E-state index in [1.54, 1.807) is 11.8 Å². The van der Waals surface area contributed by atoms with Crippen LogP contribution in [0.2, 0.25) is 0 Å². The van der Waals surface area contributed by atoms with Crippen LogP contribution in [0.15, 0.2) is 29.2 Å². The Hall–Kier alpha value is -0.880. The number of Topliss-reactive ketones (excluding diaryl/α,β-unsaturated/α-hetero) is 1. The van der Waals surface area contributed by atoms with E-state index >= 15 is 0 Å². The maximum atomic E-state index is 12.4. The van der Waals surface area contributed by atoms with Crippen molar-refractivity contribution < 1.29 is 14.6 Å². The van der Waals surface area contributed by atoms with Gasteiger partial charge in [-0.3, -0.25) is 9.69 Å². The van der Waals surface area contributed by atoms with Gasteiger partial charge in [-0.1, -0.05) is 12.1 Å². The minimum Gasteiger partial charge on any atom is -0.394 e. The number of thioether (sulfide) groups is 1. The van der Waals surface area contributed by atoms with Gasteiger partial charge in [0.25, 0.3) is 0 Å². The number of morpholine rings is 1. The molecule has 4 nitrogen and oxygen atoms in total. The molecule has 1 aromatic rings. The molecule has 0 aliphatic carbocycles. The number of carbonyl (C=O) groups excluding carboxylic acids is 1. The molecule has 1 N–H and O–H groups in total. The van der Waals surface area contributed by atoms with Crippen LogP contribution in [0, 0.1) is 0 Å². The summed E-state index contributed by atoms with van der Waals surface area (Å²) < 4.78 is 5.77. The normalized spacial score (nSPS) is 22.2. The minimum absolute atomic E-state index is 0.0173. The van der Waals surface area contributed by atoms with Crippen molar-refractivity contribution in [2.24, 2.45) is 0 Å². The summed E-state index contributed by atoms with van der Waals surface area (Å²) in [7, 11) is 0. The molecule has 1 unspecified atom stereocenters. The van der Waals surface area contributed by atoms with Gasteiger partial charge in [0.05, 0.1) is 24.9 Å². The van der Waals surface area contributed by atoms with Crippen molar-refractivity contribution in [3.63, 3.8) is 0 Å². The van der Waals surface area contributed by atoms with Gasteiger partial charge in [0.1, 0.15) is 0 Å². The van der Waals surface area contributed by atoms with E-state index in [4.69, 9.17) is 4.74 Å². The van der Waals surface area contributed by atoms with Crippen molar-refractivity contribution in [1.29, 1.82) is 0 Å². The van der Waals surface area contributed by atoms with E-state index in [1.165, 1.54) is 0 Å². The molecule has 1 aliphatic heterocycles. The number of aliphatic hydroxyl groups is 1. The fraction of sp³-hybridized carbons (Fsp3) is 0.562. The highest BCUT2D eigenvalue weighted by Gasteiger charge is 2.33. The van der Waals surface area contributed by atoms with Gasteiger partial charge in [-0.05, 0) is 32.2 Å². The Morgan fingerprint density at radius 1 is 1.43 bits per heavy atom. The van der Waals surface area contributed by atoms with E-state index in [0.717, 1.165) is 10.5 Å². The summed E-state index contributed by atoms with van der Waals surface area (Å²) in [6.45, 7) is 5.60. The smallest absolute Gasteiger partial charge is 0.176 e. The molecule has 1 heterocycles. The average Bonchev–Trinajstić information content (AvgIpc) is 2.45. The van der Waals surface area contributed by atoms with Crippen LogP contribution in [0.1, 0.15) is 24.2 Å². The van der Waals surface area contributed by atoms with Crippen LogP contribution in [-0.2, 0) is 4.74 Å². The van der Waals surface area contributed by atoms with Gasteiger partial charge in [-0.2, -0.15) is 0 Å². The van der Waals surface area contributed by atoms with Crippen molar-refractivity contribution >= 4 is 17.5 Å². The van der Waals surface area contributed by atoms with E-state index in [9.17, 15) is 9.90 Å². The third-order valence-electron chi connectivity index (χ3n) is 3.53. The Bertz CT molecular complexity index is 487. The fourth-order valence-electron chi connectivity index (χ4n) is 2.70. The van der Waals surface area contributed by atoms with Crippen molar-refractivity contribution in [1.82, 2.24) is 4.90 Å². The summed E-state index contributed by atoms with van der Waals surface area (Å²) >= 11 is 1.66. The summed E-state index contributed by atoms with van der Waals surface area (Å²) in [5, 5.41) is 9.31. The maximum absolute atomic E-state index is 12.4. The summed E-state index contributed by atoms with van der Waals surface area (Å²) in [4.78, 5) is 15.6. The SMILES string of the molecule is CSc1ccc(C(=O)CN2CC(CO)OC(C)(C)C2)cc1. The van der Waals surface area contributed by atoms with Crippen LogP contribution in [0.3, 0.4) is 0 Å². The van der Waals surface area contributed by atoms with Gasteiger partial charge in [0.2, 0.25) is 0 Å². The zero-order valence-electron chi connectivity index (χ0n) is 12.8. The van der Waals surface area contributed by atoms with Crippen molar-refractivity contribution in [2.75, 3.05) is 32.5 Å². The number of nitrogens with zero attached hydrogens (tertiary/aromatic N) is 1. The Balaban J connectivity index is 2.00. The van der Waals surface area contributed by atoms with Crippen LogP contribution in [-0.4, -0.2) is 60.0 Å². The highest BCUT2D eigenvalue weighted by molar-refractivity contribution is 7.98. The number of ketones is 1. The molecule has 1 atom stereocenters. The lowest BCUT2D eigenvalue weighted by molar-refractivity contribution is -0.146. The number of benzene rings is 1. The van der Waals surface area contributed by atoms with Gasteiger partial charge >= 0.3 is 0 Å². The summed E-state index contributed by atoms with van der Waals surface area (Å²) in [5.41, 5.74) is 0.395. The van der Waals surface area contributed by atoms with E-state index in [-0.39, 0.29) is 24.1 Å². The van der Waals surface area contributed by atoms with Gasteiger partial charge in [0.15, 0.2) is 5.78 Å². The fourth-order valence-corrected chi connectivity index (χ4v) is 3.11. The molecule has 0 aromatic heterocycles. The second-order valence-corrected chi connectivity index (χ2v) is 6.88. The second-order valence-electron chi connectivity index (χ2n) is 6.00. The predicted molar refractivity (Wildman–Crippen MR) is 85.0 cm³/mol. The van der Waals surface area contributed by atoms with Gasteiger partial charge in [-0.15, -0.1) is 11.8 Å². The topological polar surface area (TPSA) is 49.8 Å². The predicted octanol–water partition coefficient (Wildman–Crippen LogP) is 2.06. The van der Waals surface area contributed by atoms with Gasteiger partial charge in [-0.25, -0.2) is 0 Å². The van der Waals surface area contributed by atoms with Crippen molar-refractivity contribution in [2.45, 2.75) is 30.4 Å². The monoisotopic (exact) mass is 309 g/mol. The molecule has 1 aliphatic rings. The van der Waals surface area contributed by atoms with Crippen LogP contribution < -0.4 is 0 Å². The lowest BCUT2D eigenvalue weighted by Gasteiger charge is -2.42. The first kappa shape index (κ1) is 16.5. The van der Waals surface area contributed by atoms with Gasteiger partial charge in [0, 0.05) is 23.5 Å². The van der Waals surface area contributed by atoms with E-state index < -0.39 is 0 Å². The molecule has 0 spiro atoms. The van der Waals surface area contributed by atoms with Crippen molar-refractivity contribution in [3.05, 3.63) is 29.8 Å². The summed E-state index contributed by atoms with van der Waals surface area (Å²) in [6.07, 6.45) is 1.79. The number of carbonyl (C=O) groups is 1. The first-order chi connectivity index (χ1) is 9.93. The molecule has 1 aromatic carbocycles. The first-order valence-electron chi connectivity index (χ1n) is 7.12. The lowest BCUT2D eigenvalue weighted by atomic mass is 10.0. The van der Waals surface area contributed by atoms with Crippen LogP contribution >= 0.6 is 11.8 Å². The molecule has 1 fully saturated rings. The molecule has 0 saturated carbocycles. The zero-order valence-corrected chi connectivity index (χ0v) is 13.7. The van der Waals surface area contributed by atoms with E-state index in [0.29, 0.717) is 19.6 Å². The van der Waals surface area contributed by atoms with E-state index in [2.05, 4.69) is 4.90 Å². The number of hydrogen-bond donors (Lipinski definition) is 1.